The number of nitrogens with one attached hydrogen (secondary N) is 1. The Morgan fingerprint density at radius 1 is 1.47 bits per heavy atom. The summed E-state index contributed by atoms with van der Waals surface area (Å²) in [5.41, 5.74) is 7.27. The summed E-state index contributed by atoms with van der Waals surface area (Å²) in [6, 6.07) is 6.37. The van der Waals surface area contributed by atoms with Gasteiger partial charge in [-0.15, -0.1) is 0 Å². The zero-order chi connectivity index (χ0) is 12.3. The molecule has 1 heterocycles. The molecule has 0 aliphatic heterocycles. The molecule has 4 N–H and O–H groups in total. The van der Waals surface area contributed by atoms with Crippen molar-refractivity contribution in [2.24, 2.45) is 0 Å². The van der Waals surface area contributed by atoms with Crippen molar-refractivity contribution in [2.75, 3.05) is 11.1 Å². The summed E-state index contributed by atoms with van der Waals surface area (Å²) in [5.74, 6) is -1.03. The summed E-state index contributed by atoms with van der Waals surface area (Å²) in [6.45, 7) is 0.390. The van der Waals surface area contributed by atoms with E-state index < -0.39 is 5.97 Å². The molecule has 0 fully saturated rings. The minimum Gasteiger partial charge on any atom is -0.478 e. The van der Waals surface area contributed by atoms with Crippen LogP contribution in [0.2, 0.25) is 0 Å². The zero-order valence-electron chi connectivity index (χ0n) is 8.88. The van der Waals surface area contributed by atoms with E-state index in [4.69, 9.17) is 10.8 Å². The number of benzene rings is 1. The molecule has 0 saturated heterocycles. The Bertz CT molecular complexity index is 523. The molecule has 0 saturated carbocycles. The van der Waals surface area contributed by atoms with Crippen molar-refractivity contribution in [1.29, 1.82) is 0 Å². The lowest BCUT2D eigenvalue weighted by Gasteiger charge is -2.08. The summed E-state index contributed by atoms with van der Waals surface area (Å²) in [5, 5.41) is 15.7. The molecule has 6 nitrogen and oxygen atoms in total. The molecule has 1 aromatic carbocycles. The van der Waals surface area contributed by atoms with Crippen LogP contribution in [-0.4, -0.2) is 16.2 Å². The maximum absolute atomic E-state index is 11.0. The highest BCUT2D eigenvalue weighted by Crippen LogP contribution is 2.19. The van der Waals surface area contributed by atoms with E-state index in [1.54, 1.807) is 18.2 Å². The number of carboxylic acids is 1. The summed E-state index contributed by atoms with van der Waals surface area (Å²) in [6.07, 6.45) is 1.46. The molecule has 2 rings (SSSR count). The first kappa shape index (κ1) is 11.0. The monoisotopic (exact) mass is 233 g/mol. The van der Waals surface area contributed by atoms with Gasteiger partial charge in [0.25, 0.3) is 0 Å². The third-order valence-corrected chi connectivity index (χ3v) is 2.23. The Kier molecular flexibility index (Phi) is 2.95. The fourth-order valence-corrected chi connectivity index (χ4v) is 1.41. The van der Waals surface area contributed by atoms with Gasteiger partial charge in [0.1, 0.15) is 12.0 Å². The van der Waals surface area contributed by atoms with Crippen LogP contribution in [0, 0.1) is 0 Å². The van der Waals surface area contributed by atoms with Crippen LogP contribution in [0.5, 0.6) is 0 Å². The van der Waals surface area contributed by atoms with Crippen molar-refractivity contribution in [3.63, 3.8) is 0 Å². The minimum absolute atomic E-state index is 0.133. The predicted molar refractivity (Wildman–Crippen MR) is 61.6 cm³/mol. The third-order valence-electron chi connectivity index (χ3n) is 2.23. The molecule has 0 aliphatic carbocycles. The van der Waals surface area contributed by atoms with E-state index >= 15 is 0 Å². The van der Waals surface area contributed by atoms with Crippen LogP contribution < -0.4 is 11.1 Å². The molecule has 88 valence electrons. The Balaban J connectivity index is 2.17. The molecule has 0 atom stereocenters. The van der Waals surface area contributed by atoms with Gasteiger partial charge in [-0.05, 0) is 18.2 Å². The van der Waals surface area contributed by atoms with Crippen LogP contribution in [0.25, 0.3) is 0 Å². The van der Waals surface area contributed by atoms with E-state index in [1.807, 2.05) is 0 Å². The SMILES string of the molecule is Nc1ccc(NCc2ccon2)c(C(=O)O)c1. The molecule has 0 aliphatic rings. The topological polar surface area (TPSA) is 101 Å². The number of carbonyl (C=O) groups is 1. The number of aromatic nitrogens is 1. The van der Waals surface area contributed by atoms with Crippen molar-refractivity contribution in [3.05, 3.63) is 41.8 Å². The van der Waals surface area contributed by atoms with Crippen LogP contribution in [0.1, 0.15) is 16.1 Å². The van der Waals surface area contributed by atoms with Crippen molar-refractivity contribution < 1.29 is 14.4 Å². The van der Waals surface area contributed by atoms with Crippen LogP contribution in [0.15, 0.2) is 35.1 Å². The standard InChI is InChI=1S/C11H11N3O3/c12-7-1-2-10(9(5-7)11(15)16)13-6-8-3-4-17-14-8/h1-5,13H,6,12H2,(H,15,16). The number of rotatable bonds is 4. The lowest BCUT2D eigenvalue weighted by Crippen LogP contribution is -2.07. The molecule has 0 bridgehead atoms. The van der Waals surface area contributed by atoms with Gasteiger partial charge < -0.3 is 20.7 Å². The molecule has 17 heavy (non-hydrogen) atoms. The summed E-state index contributed by atoms with van der Waals surface area (Å²) in [7, 11) is 0. The van der Waals surface area contributed by atoms with E-state index in [9.17, 15) is 4.79 Å². The molecular weight excluding hydrogens is 222 g/mol. The van der Waals surface area contributed by atoms with Crippen LogP contribution in [0.4, 0.5) is 11.4 Å². The fourth-order valence-electron chi connectivity index (χ4n) is 1.41. The third kappa shape index (κ3) is 2.54. The number of hydrogen-bond acceptors (Lipinski definition) is 5. The highest BCUT2D eigenvalue weighted by Gasteiger charge is 2.10. The molecule has 1 aromatic heterocycles. The highest BCUT2D eigenvalue weighted by molar-refractivity contribution is 5.95. The number of nitrogen functional groups attached to an aromatic ring is 1. The molecule has 0 unspecified atom stereocenters. The van der Waals surface area contributed by atoms with Gasteiger partial charge in [0.15, 0.2) is 0 Å². The van der Waals surface area contributed by atoms with Gasteiger partial charge in [-0.1, -0.05) is 5.16 Å². The van der Waals surface area contributed by atoms with Crippen LogP contribution in [0.3, 0.4) is 0 Å². The zero-order valence-corrected chi connectivity index (χ0v) is 8.88. The first-order valence-corrected chi connectivity index (χ1v) is 4.93. The first-order valence-electron chi connectivity index (χ1n) is 4.93. The van der Waals surface area contributed by atoms with Crippen molar-refractivity contribution >= 4 is 17.3 Å². The van der Waals surface area contributed by atoms with Crippen LogP contribution >= 0.6 is 0 Å². The second kappa shape index (κ2) is 4.56. The van der Waals surface area contributed by atoms with Crippen molar-refractivity contribution in [2.45, 2.75) is 6.54 Å². The van der Waals surface area contributed by atoms with E-state index in [2.05, 4.69) is 15.0 Å². The smallest absolute Gasteiger partial charge is 0.337 e. The van der Waals surface area contributed by atoms with Crippen LogP contribution in [-0.2, 0) is 6.54 Å². The lowest BCUT2D eigenvalue weighted by molar-refractivity contribution is 0.0698. The molecule has 6 heteroatoms. The summed E-state index contributed by atoms with van der Waals surface area (Å²) in [4.78, 5) is 11.0. The number of aromatic carboxylic acids is 1. The number of anilines is 2. The number of carboxylic acid groups (broad SMARTS) is 1. The van der Waals surface area contributed by atoms with E-state index in [0.29, 0.717) is 23.6 Å². The van der Waals surface area contributed by atoms with Gasteiger partial charge in [0.05, 0.1) is 12.1 Å². The maximum atomic E-state index is 11.0. The van der Waals surface area contributed by atoms with Gasteiger partial charge in [-0.2, -0.15) is 0 Å². The second-order valence-corrected chi connectivity index (χ2v) is 3.45. The summed E-state index contributed by atoms with van der Waals surface area (Å²) < 4.78 is 4.67. The Morgan fingerprint density at radius 3 is 2.94 bits per heavy atom. The van der Waals surface area contributed by atoms with Gasteiger partial charge in [-0.3, -0.25) is 0 Å². The Hall–Kier alpha value is -2.50. The predicted octanol–water partition coefficient (Wildman–Crippen LogP) is 1.57. The second-order valence-electron chi connectivity index (χ2n) is 3.45. The number of nitrogens with zero attached hydrogens (tertiary/aromatic N) is 1. The van der Waals surface area contributed by atoms with Gasteiger partial charge in [0, 0.05) is 17.4 Å². The molecule has 0 radical (unpaired) electrons. The molecule has 0 amide bonds. The Morgan fingerprint density at radius 2 is 2.29 bits per heavy atom. The molecular formula is C11H11N3O3. The van der Waals surface area contributed by atoms with E-state index in [-0.39, 0.29) is 5.56 Å². The largest absolute Gasteiger partial charge is 0.478 e. The van der Waals surface area contributed by atoms with Gasteiger partial charge in [0.2, 0.25) is 0 Å². The Labute approximate surface area is 97.0 Å². The number of nitrogens with two attached hydrogens (primary N) is 1. The normalized spacial score (nSPS) is 10.1. The van der Waals surface area contributed by atoms with Crippen molar-refractivity contribution in [1.82, 2.24) is 5.16 Å². The highest BCUT2D eigenvalue weighted by atomic mass is 16.5. The maximum Gasteiger partial charge on any atom is 0.337 e. The van der Waals surface area contributed by atoms with Gasteiger partial charge in [-0.25, -0.2) is 4.79 Å². The van der Waals surface area contributed by atoms with Gasteiger partial charge >= 0.3 is 5.97 Å². The fraction of sp³-hybridized carbons (Fsp3) is 0.0909. The first-order chi connectivity index (χ1) is 8.16. The average molecular weight is 233 g/mol. The minimum atomic E-state index is -1.03. The number of hydrogen-bond donors (Lipinski definition) is 3. The lowest BCUT2D eigenvalue weighted by atomic mass is 10.1. The van der Waals surface area contributed by atoms with E-state index in [1.165, 1.54) is 12.3 Å². The summed E-state index contributed by atoms with van der Waals surface area (Å²) >= 11 is 0. The van der Waals surface area contributed by atoms with E-state index in [0.717, 1.165) is 0 Å². The quantitative estimate of drug-likeness (QED) is 0.693. The molecule has 0 spiro atoms. The molecule has 2 aromatic rings. The van der Waals surface area contributed by atoms with Crippen molar-refractivity contribution in [3.8, 4) is 0 Å². The average Bonchev–Trinajstić information content (AvgIpc) is 2.80.